The monoisotopic (exact) mass is 201 g/mol. The standard InChI is InChI=1S/C10H19NO3/c1-7(2)8(6-12)11-10(13)9-4-3-5-14-9/h7-9,12H,3-6H2,1-2H3,(H,11,13)/t8?,9-/m0/s1. The fourth-order valence-corrected chi connectivity index (χ4v) is 1.48. The molecule has 2 N–H and O–H groups in total. The molecule has 4 nitrogen and oxygen atoms in total. The summed E-state index contributed by atoms with van der Waals surface area (Å²) in [6.45, 7) is 4.59. The Morgan fingerprint density at radius 1 is 1.64 bits per heavy atom. The molecule has 1 saturated heterocycles. The van der Waals surface area contributed by atoms with Crippen LogP contribution in [0.4, 0.5) is 0 Å². The summed E-state index contributed by atoms with van der Waals surface area (Å²) in [5, 5.41) is 11.8. The average molecular weight is 201 g/mol. The molecule has 1 heterocycles. The Labute approximate surface area is 84.6 Å². The molecule has 0 spiro atoms. The van der Waals surface area contributed by atoms with E-state index in [4.69, 9.17) is 9.84 Å². The minimum Gasteiger partial charge on any atom is -0.394 e. The Morgan fingerprint density at radius 2 is 2.36 bits per heavy atom. The van der Waals surface area contributed by atoms with Gasteiger partial charge in [-0.15, -0.1) is 0 Å². The first-order valence-corrected chi connectivity index (χ1v) is 5.18. The molecular weight excluding hydrogens is 182 g/mol. The first-order valence-electron chi connectivity index (χ1n) is 5.18. The number of nitrogens with one attached hydrogen (secondary N) is 1. The summed E-state index contributed by atoms with van der Waals surface area (Å²) in [6.07, 6.45) is 1.44. The van der Waals surface area contributed by atoms with Crippen molar-refractivity contribution in [2.75, 3.05) is 13.2 Å². The van der Waals surface area contributed by atoms with Crippen LogP contribution in [0.5, 0.6) is 0 Å². The maximum absolute atomic E-state index is 11.6. The first-order chi connectivity index (χ1) is 6.65. The van der Waals surface area contributed by atoms with E-state index in [0.717, 1.165) is 12.8 Å². The molecule has 14 heavy (non-hydrogen) atoms. The highest BCUT2D eigenvalue weighted by atomic mass is 16.5. The predicted molar refractivity (Wildman–Crippen MR) is 52.8 cm³/mol. The zero-order chi connectivity index (χ0) is 10.6. The molecule has 0 radical (unpaired) electrons. The van der Waals surface area contributed by atoms with Crippen molar-refractivity contribution in [3.63, 3.8) is 0 Å². The van der Waals surface area contributed by atoms with Gasteiger partial charge in [-0.05, 0) is 18.8 Å². The molecule has 0 aliphatic carbocycles. The lowest BCUT2D eigenvalue weighted by molar-refractivity contribution is -0.131. The van der Waals surface area contributed by atoms with Crippen LogP contribution < -0.4 is 5.32 Å². The average Bonchev–Trinajstić information content (AvgIpc) is 2.65. The highest BCUT2D eigenvalue weighted by Gasteiger charge is 2.26. The van der Waals surface area contributed by atoms with Gasteiger partial charge in [0.1, 0.15) is 6.10 Å². The Kier molecular flexibility index (Phi) is 4.35. The summed E-state index contributed by atoms with van der Waals surface area (Å²) in [4.78, 5) is 11.6. The molecule has 1 fully saturated rings. The van der Waals surface area contributed by atoms with Crippen molar-refractivity contribution < 1.29 is 14.6 Å². The van der Waals surface area contributed by atoms with Gasteiger partial charge in [0.05, 0.1) is 12.6 Å². The van der Waals surface area contributed by atoms with Gasteiger partial charge in [-0.3, -0.25) is 4.79 Å². The Hall–Kier alpha value is -0.610. The number of rotatable bonds is 4. The number of aliphatic hydroxyl groups is 1. The molecule has 1 rings (SSSR count). The van der Waals surface area contributed by atoms with Gasteiger partial charge in [0.15, 0.2) is 0 Å². The molecule has 0 aromatic carbocycles. The number of carbonyl (C=O) groups excluding carboxylic acids is 1. The highest BCUT2D eigenvalue weighted by Crippen LogP contribution is 2.12. The van der Waals surface area contributed by atoms with Gasteiger partial charge in [0, 0.05) is 6.61 Å². The molecular formula is C10H19NO3. The van der Waals surface area contributed by atoms with Crippen LogP contribution in [-0.4, -0.2) is 36.4 Å². The molecule has 1 amide bonds. The van der Waals surface area contributed by atoms with Crippen LogP contribution in [-0.2, 0) is 9.53 Å². The SMILES string of the molecule is CC(C)C(CO)NC(=O)[C@@H]1CCCO1. The van der Waals surface area contributed by atoms with E-state index in [2.05, 4.69) is 5.32 Å². The molecule has 0 saturated carbocycles. The van der Waals surface area contributed by atoms with Crippen LogP contribution in [0.3, 0.4) is 0 Å². The van der Waals surface area contributed by atoms with E-state index in [1.165, 1.54) is 0 Å². The summed E-state index contributed by atoms with van der Waals surface area (Å²) in [5.41, 5.74) is 0. The van der Waals surface area contributed by atoms with E-state index < -0.39 is 0 Å². The third kappa shape index (κ3) is 2.96. The number of hydrogen-bond donors (Lipinski definition) is 2. The summed E-state index contributed by atoms with van der Waals surface area (Å²) >= 11 is 0. The lowest BCUT2D eigenvalue weighted by Gasteiger charge is -2.21. The number of carbonyl (C=O) groups is 1. The Morgan fingerprint density at radius 3 is 2.79 bits per heavy atom. The smallest absolute Gasteiger partial charge is 0.249 e. The van der Waals surface area contributed by atoms with E-state index in [9.17, 15) is 4.79 Å². The molecule has 1 unspecified atom stereocenters. The topological polar surface area (TPSA) is 58.6 Å². The molecule has 0 aromatic heterocycles. The molecule has 82 valence electrons. The van der Waals surface area contributed by atoms with Gasteiger partial charge in [0.25, 0.3) is 0 Å². The van der Waals surface area contributed by atoms with Crippen LogP contribution in [0.15, 0.2) is 0 Å². The van der Waals surface area contributed by atoms with E-state index >= 15 is 0 Å². The molecule has 0 aromatic rings. The third-order valence-electron chi connectivity index (χ3n) is 2.55. The van der Waals surface area contributed by atoms with Gasteiger partial charge in [-0.1, -0.05) is 13.8 Å². The minimum atomic E-state index is -0.303. The fourth-order valence-electron chi connectivity index (χ4n) is 1.48. The minimum absolute atomic E-state index is 0.0177. The predicted octanol–water partition coefficient (Wildman–Crippen LogP) is 0.298. The van der Waals surface area contributed by atoms with Crippen molar-refractivity contribution >= 4 is 5.91 Å². The van der Waals surface area contributed by atoms with E-state index in [-0.39, 0.29) is 30.6 Å². The highest BCUT2D eigenvalue weighted by molar-refractivity contribution is 5.81. The summed E-state index contributed by atoms with van der Waals surface area (Å²) in [7, 11) is 0. The van der Waals surface area contributed by atoms with E-state index in [1.54, 1.807) is 0 Å². The van der Waals surface area contributed by atoms with E-state index in [0.29, 0.717) is 6.61 Å². The zero-order valence-electron chi connectivity index (χ0n) is 8.82. The number of aliphatic hydroxyl groups excluding tert-OH is 1. The molecule has 2 atom stereocenters. The molecule has 4 heteroatoms. The van der Waals surface area contributed by atoms with Gasteiger partial charge in [-0.2, -0.15) is 0 Å². The van der Waals surface area contributed by atoms with Gasteiger partial charge in [0.2, 0.25) is 5.91 Å². The fraction of sp³-hybridized carbons (Fsp3) is 0.900. The Bertz CT molecular complexity index is 188. The van der Waals surface area contributed by atoms with Crippen LogP contribution in [0.2, 0.25) is 0 Å². The van der Waals surface area contributed by atoms with Crippen molar-refractivity contribution in [2.45, 2.75) is 38.8 Å². The third-order valence-corrected chi connectivity index (χ3v) is 2.55. The molecule has 1 aliphatic rings. The van der Waals surface area contributed by atoms with Gasteiger partial charge in [-0.25, -0.2) is 0 Å². The maximum Gasteiger partial charge on any atom is 0.249 e. The summed E-state index contributed by atoms with van der Waals surface area (Å²) in [5.74, 6) is 0.153. The summed E-state index contributed by atoms with van der Waals surface area (Å²) < 4.78 is 5.25. The first kappa shape index (κ1) is 11.5. The van der Waals surface area contributed by atoms with Crippen LogP contribution in [0.25, 0.3) is 0 Å². The molecule has 1 aliphatic heterocycles. The van der Waals surface area contributed by atoms with Crippen molar-refractivity contribution in [3.8, 4) is 0 Å². The van der Waals surface area contributed by atoms with Crippen LogP contribution in [0, 0.1) is 5.92 Å². The van der Waals surface area contributed by atoms with Crippen LogP contribution in [0.1, 0.15) is 26.7 Å². The second-order valence-corrected chi connectivity index (χ2v) is 4.04. The van der Waals surface area contributed by atoms with Crippen molar-refractivity contribution in [3.05, 3.63) is 0 Å². The quantitative estimate of drug-likeness (QED) is 0.687. The normalized spacial score (nSPS) is 23.9. The van der Waals surface area contributed by atoms with Crippen molar-refractivity contribution in [1.29, 1.82) is 0 Å². The molecule has 0 bridgehead atoms. The summed E-state index contributed by atoms with van der Waals surface area (Å²) in [6, 6.07) is -0.160. The number of amides is 1. The van der Waals surface area contributed by atoms with Crippen molar-refractivity contribution in [2.24, 2.45) is 5.92 Å². The number of ether oxygens (including phenoxy) is 1. The lowest BCUT2D eigenvalue weighted by atomic mass is 10.0. The lowest BCUT2D eigenvalue weighted by Crippen LogP contribution is -2.45. The van der Waals surface area contributed by atoms with E-state index in [1.807, 2.05) is 13.8 Å². The largest absolute Gasteiger partial charge is 0.394 e. The van der Waals surface area contributed by atoms with Crippen molar-refractivity contribution in [1.82, 2.24) is 5.32 Å². The van der Waals surface area contributed by atoms with Gasteiger partial charge >= 0.3 is 0 Å². The second kappa shape index (κ2) is 5.32. The van der Waals surface area contributed by atoms with Crippen LogP contribution >= 0.6 is 0 Å². The second-order valence-electron chi connectivity index (χ2n) is 4.04. The van der Waals surface area contributed by atoms with Gasteiger partial charge < -0.3 is 15.2 Å². The number of hydrogen-bond acceptors (Lipinski definition) is 3. The maximum atomic E-state index is 11.6. The zero-order valence-corrected chi connectivity index (χ0v) is 8.82. The Balaban J connectivity index is 2.37.